The lowest BCUT2D eigenvalue weighted by Gasteiger charge is -2.38. The fourth-order valence-corrected chi connectivity index (χ4v) is 4.91. The molecular formula is C26H30F3N3. The highest BCUT2D eigenvalue weighted by atomic mass is 19.3. The van der Waals surface area contributed by atoms with Crippen LogP contribution in [0.5, 0.6) is 0 Å². The van der Waals surface area contributed by atoms with Gasteiger partial charge in [0.25, 0.3) is 6.43 Å². The number of rotatable bonds is 6. The minimum absolute atomic E-state index is 0.0901. The predicted molar refractivity (Wildman–Crippen MR) is 123 cm³/mol. The number of alkyl halides is 2. The van der Waals surface area contributed by atoms with Gasteiger partial charge in [0, 0.05) is 17.5 Å². The molecule has 0 atom stereocenters. The summed E-state index contributed by atoms with van der Waals surface area (Å²) < 4.78 is 40.6. The summed E-state index contributed by atoms with van der Waals surface area (Å²) in [6, 6.07) is 8.44. The first kappa shape index (κ1) is 22.6. The first-order valence-electron chi connectivity index (χ1n) is 11.4. The molecule has 0 unspecified atom stereocenters. The zero-order valence-electron chi connectivity index (χ0n) is 18.9. The summed E-state index contributed by atoms with van der Waals surface area (Å²) in [5.74, 6) is -0.102. The van der Waals surface area contributed by atoms with Gasteiger partial charge in [0.2, 0.25) is 0 Å². The number of nitrogens with one attached hydrogen (secondary N) is 1. The van der Waals surface area contributed by atoms with Gasteiger partial charge in [0.15, 0.2) is 0 Å². The zero-order valence-corrected chi connectivity index (χ0v) is 18.9. The maximum absolute atomic E-state index is 14.5. The van der Waals surface area contributed by atoms with Crippen molar-refractivity contribution in [1.29, 1.82) is 0 Å². The topological polar surface area (TPSA) is 37.8 Å². The third kappa shape index (κ3) is 4.32. The number of hydrogen-bond acceptors (Lipinski definition) is 3. The molecule has 6 heteroatoms. The van der Waals surface area contributed by atoms with Gasteiger partial charge in [-0.05, 0) is 66.7 Å². The molecule has 170 valence electrons. The minimum Gasteiger partial charge on any atom is -0.379 e. The first-order chi connectivity index (χ1) is 15.3. The Hall–Kier alpha value is -2.63. The van der Waals surface area contributed by atoms with Crippen LogP contribution in [-0.4, -0.2) is 10.2 Å². The Morgan fingerprint density at radius 2 is 1.91 bits per heavy atom. The van der Waals surface area contributed by atoms with Gasteiger partial charge < -0.3 is 5.32 Å². The molecule has 4 rings (SSSR count). The van der Waals surface area contributed by atoms with Gasteiger partial charge in [-0.3, -0.25) is 0 Å². The molecule has 2 aromatic carbocycles. The van der Waals surface area contributed by atoms with E-state index in [9.17, 15) is 13.2 Å². The van der Waals surface area contributed by atoms with Gasteiger partial charge in [0.1, 0.15) is 5.82 Å². The molecule has 1 N–H and O–H groups in total. The van der Waals surface area contributed by atoms with Gasteiger partial charge in [-0.15, -0.1) is 0 Å². The number of benzene rings is 2. The average molecular weight is 442 g/mol. The van der Waals surface area contributed by atoms with Crippen molar-refractivity contribution in [1.82, 2.24) is 10.2 Å². The lowest BCUT2D eigenvalue weighted by Crippen LogP contribution is -2.29. The second kappa shape index (κ2) is 9.08. The van der Waals surface area contributed by atoms with Crippen molar-refractivity contribution >= 4 is 16.6 Å². The second-order valence-electron chi connectivity index (χ2n) is 9.36. The van der Waals surface area contributed by atoms with Crippen LogP contribution < -0.4 is 5.32 Å². The van der Waals surface area contributed by atoms with Crippen LogP contribution >= 0.6 is 0 Å². The fourth-order valence-electron chi connectivity index (χ4n) is 4.91. The molecule has 0 spiro atoms. The second-order valence-corrected chi connectivity index (χ2v) is 9.36. The summed E-state index contributed by atoms with van der Waals surface area (Å²) in [4.78, 5) is 0. The highest BCUT2D eigenvalue weighted by Crippen LogP contribution is 2.44. The highest BCUT2D eigenvalue weighted by molar-refractivity contribution is 5.91. The predicted octanol–water partition coefficient (Wildman–Crippen LogP) is 7.35. The van der Waals surface area contributed by atoms with Gasteiger partial charge >= 0.3 is 0 Å². The van der Waals surface area contributed by atoms with Gasteiger partial charge in [-0.2, -0.15) is 10.2 Å². The van der Waals surface area contributed by atoms with E-state index in [1.807, 2.05) is 0 Å². The monoisotopic (exact) mass is 441 g/mol. The molecule has 0 aliphatic heterocycles. The van der Waals surface area contributed by atoms with Crippen LogP contribution in [0.3, 0.4) is 0 Å². The molecule has 32 heavy (non-hydrogen) atoms. The van der Waals surface area contributed by atoms with Crippen molar-refractivity contribution < 1.29 is 13.2 Å². The summed E-state index contributed by atoms with van der Waals surface area (Å²) in [6.07, 6.45) is 4.44. The van der Waals surface area contributed by atoms with Crippen molar-refractivity contribution in [2.24, 2.45) is 5.92 Å². The van der Waals surface area contributed by atoms with Crippen LogP contribution in [-0.2, 0) is 18.4 Å². The Morgan fingerprint density at radius 3 is 2.59 bits per heavy atom. The van der Waals surface area contributed by atoms with E-state index >= 15 is 0 Å². The molecule has 3 nitrogen and oxygen atoms in total. The third-order valence-electron chi connectivity index (χ3n) is 7.09. The average Bonchev–Trinajstić information content (AvgIpc) is 2.79. The van der Waals surface area contributed by atoms with E-state index in [4.69, 9.17) is 0 Å². The number of fused-ring (bicyclic) bond motifs is 1. The molecule has 1 aliphatic rings. The van der Waals surface area contributed by atoms with Crippen molar-refractivity contribution in [2.75, 3.05) is 5.32 Å². The summed E-state index contributed by atoms with van der Waals surface area (Å²) in [6.45, 7) is 6.92. The van der Waals surface area contributed by atoms with E-state index in [-0.39, 0.29) is 17.5 Å². The van der Waals surface area contributed by atoms with Crippen LogP contribution in [0.2, 0.25) is 0 Å². The van der Waals surface area contributed by atoms with Crippen LogP contribution in [0.1, 0.15) is 75.1 Å². The van der Waals surface area contributed by atoms with Crippen molar-refractivity contribution in [3.8, 4) is 0 Å². The maximum atomic E-state index is 14.5. The highest BCUT2D eigenvalue weighted by Gasteiger charge is 2.33. The van der Waals surface area contributed by atoms with Gasteiger partial charge in [-0.1, -0.05) is 39.0 Å². The molecule has 1 aromatic heterocycles. The minimum atomic E-state index is -2.84. The van der Waals surface area contributed by atoms with Crippen molar-refractivity contribution in [3.63, 3.8) is 0 Å². The van der Waals surface area contributed by atoms with Gasteiger partial charge in [-0.25, -0.2) is 13.2 Å². The maximum Gasteiger partial charge on any atom is 0.266 e. The van der Waals surface area contributed by atoms with Crippen LogP contribution in [0.15, 0.2) is 36.5 Å². The molecule has 3 aromatic rings. The Bertz CT molecular complexity index is 1100. The van der Waals surface area contributed by atoms with Crippen LogP contribution in [0, 0.1) is 11.7 Å². The Balaban J connectivity index is 1.70. The van der Waals surface area contributed by atoms with Crippen LogP contribution in [0.25, 0.3) is 10.9 Å². The SMILES string of the molecule is CCc1cc2nncc(NCc3cccc(C(F)F)c3F)c2cc1C1(C)CCC(C)CC1. The number of nitrogens with zero attached hydrogens (tertiary/aromatic N) is 2. The van der Waals surface area contributed by atoms with Gasteiger partial charge in [0.05, 0.1) is 23.0 Å². The number of aryl methyl sites for hydroxylation is 1. The lowest BCUT2D eigenvalue weighted by molar-refractivity contribution is 0.146. The lowest BCUT2D eigenvalue weighted by atomic mass is 9.67. The Morgan fingerprint density at radius 1 is 1.16 bits per heavy atom. The Kier molecular flexibility index (Phi) is 6.40. The fraction of sp³-hybridized carbons (Fsp3) is 0.462. The number of halogens is 3. The standard InChI is InChI=1S/C26H30F3N3/c1-4-17-12-22-20(13-21(17)26(3)10-8-16(2)9-11-26)23(15-31-32-22)30-14-18-6-5-7-19(24(18)27)25(28)29/h5-7,12-13,15-16,25H,4,8-11,14H2,1-3H3,(H,30,32). The number of anilines is 1. The van der Waals surface area contributed by atoms with E-state index < -0.39 is 17.8 Å². The first-order valence-corrected chi connectivity index (χ1v) is 11.4. The molecule has 0 bridgehead atoms. The van der Waals surface area contributed by atoms with Crippen molar-refractivity contribution in [2.45, 2.75) is 71.3 Å². The summed E-state index contributed by atoms with van der Waals surface area (Å²) in [7, 11) is 0. The summed E-state index contributed by atoms with van der Waals surface area (Å²) >= 11 is 0. The van der Waals surface area contributed by atoms with E-state index in [1.54, 1.807) is 6.20 Å². The number of hydrogen-bond donors (Lipinski definition) is 1. The van der Waals surface area contributed by atoms with E-state index in [2.05, 4.69) is 48.4 Å². The molecule has 0 radical (unpaired) electrons. The van der Waals surface area contributed by atoms with E-state index in [1.165, 1.54) is 36.1 Å². The quantitative estimate of drug-likeness (QED) is 0.435. The van der Waals surface area contributed by atoms with E-state index in [0.717, 1.165) is 47.8 Å². The summed E-state index contributed by atoms with van der Waals surface area (Å²) in [5.41, 5.74) is 3.89. The van der Waals surface area contributed by atoms with Crippen molar-refractivity contribution in [3.05, 3.63) is 64.6 Å². The Labute approximate surface area is 187 Å². The largest absolute Gasteiger partial charge is 0.379 e. The molecule has 1 aliphatic carbocycles. The van der Waals surface area contributed by atoms with E-state index in [0.29, 0.717) is 0 Å². The molecule has 1 saturated carbocycles. The molecule has 0 saturated heterocycles. The zero-order chi connectivity index (χ0) is 22.9. The third-order valence-corrected chi connectivity index (χ3v) is 7.09. The van der Waals surface area contributed by atoms with Crippen LogP contribution in [0.4, 0.5) is 18.9 Å². The summed E-state index contributed by atoms with van der Waals surface area (Å²) in [5, 5.41) is 12.6. The molecular weight excluding hydrogens is 411 g/mol. The molecule has 0 amide bonds. The molecule has 1 heterocycles. The normalized spacial score (nSPS) is 21.3. The number of aromatic nitrogens is 2. The molecule has 1 fully saturated rings. The smallest absolute Gasteiger partial charge is 0.266 e.